The number of hydrogen-bond donors (Lipinski definition) is 2. The zero-order valence-corrected chi connectivity index (χ0v) is 11.7. The first kappa shape index (κ1) is 12.2. The highest BCUT2D eigenvalue weighted by Gasteiger charge is 2.22. The number of rotatable bonds is 1. The first-order chi connectivity index (χ1) is 9.75. The minimum atomic E-state index is -1.42. The highest BCUT2D eigenvalue weighted by molar-refractivity contribution is 7.26. The average molecular weight is 280 g/mol. The molecule has 4 rings (SSSR count). The predicted octanol–water partition coefficient (Wildman–Crippen LogP) is 2.69. The van der Waals surface area contributed by atoms with Crippen molar-refractivity contribution in [1.82, 2.24) is 0 Å². The summed E-state index contributed by atoms with van der Waals surface area (Å²) in [7, 11) is -1.42. The van der Waals surface area contributed by atoms with Crippen molar-refractivity contribution >= 4 is 50.2 Å². The van der Waals surface area contributed by atoms with Gasteiger partial charge in [0, 0.05) is 14.8 Å². The summed E-state index contributed by atoms with van der Waals surface area (Å²) < 4.78 is 2.36. The summed E-state index contributed by atoms with van der Waals surface area (Å²) in [6.45, 7) is 0. The van der Waals surface area contributed by atoms with E-state index in [9.17, 15) is 10.0 Å². The Morgan fingerprint density at radius 3 is 2.85 bits per heavy atom. The molecule has 0 saturated heterocycles. The van der Waals surface area contributed by atoms with Gasteiger partial charge < -0.3 is 10.0 Å². The normalized spacial score (nSPS) is 13.9. The Morgan fingerprint density at radius 2 is 2.00 bits per heavy atom. The molecular formula is C16H13BO2S. The Bertz CT molecular complexity index is 848. The van der Waals surface area contributed by atoms with E-state index in [4.69, 9.17) is 0 Å². The van der Waals surface area contributed by atoms with E-state index in [1.165, 1.54) is 20.5 Å². The topological polar surface area (TPSA) is 40.5 Å². The molecule has 0 unspecified atom stereocenters. The molecule has 0 amide bonds. The van der Waals surface area contributed by atoms with E-state index in [-0.39, 0.29) is 0 Å². The minimum absolute atomic E-state index is 0.631. The molecule has 0 saturated carbocycles. The lowest BCUT2D eigenvalue weighted by molar-refractivity contribution is 0.426. The fourth-order valence-electron chi connectivity index (χ4n) is 3.04. The molecule has 98 valence electrons. The van der Waals surface area contributed by atoms with E-state index in [1.54, 1.807) is 11.3 Å². The Hall–Kier alpha value is -1.62. The summed E-state index contributed by atoms with van der Waals surface area (Å²) in [6, 6.07) is 10.1. The van der Waals surface area contributed by atoms with Gasteiger partial charge in [-0.3, -0.25) is 0 Å². The van der Waals surface area contributed by atoms with E-state index < -0.39 is 7.12 Å². The summed E-state index contributed by atoms with van der Waals surface area (Å²) in [5.41, 5.74) is 3.10. The predicted molar refractivity (Wildman–Crippen MR) is 86.5 cm³/mol. The number of hydrogen-bond acceptors (Lipinski definition) is 3. The van der Waals surface area contributed by atoms with Crippen LogP contribution in [0.15, 0.2) is 36.4 Å². The van der Waals surface area contributed by atoms with E-state index in [0.29, 0.717) is 5.46 Å². The van der Waals surface area contributed by atoms with Gasteiger partial charge in [-0.05, 0) is 40.9 Å². The molecular weight excluding hydrogens is 267 g/mol. The second kappa shape index (κ2) is 4.45. The molecule has 0 aliphatic heterocycles. The second-order valence-electron chi connectivity index (χ2n) is 5.16. The lowest BCUT2D eigenvalue weighted by Crippen LogP contribution is -2.31. The molecule has 0 bridgehead atoms. The van der Waals surface area contributed by atoms with Crippen LogP contribution < -0.4 is 5.46 Å². The Kier molecular flexibility index (Phi) is 2.70. The van der Waals surface area contributed by atoms with Crippen molar-refractivity contribution in [2.75, 3.05) is 0 Å². The Morgan fingerprint density at radius 1 is 1.15 bits per heavy atom. The Labute approximate surface area is 121 Å². The molecule has 2 aromatic carbocycles. The van der Waals surface area contributed by atoms with Crippen molar-refractivity contribution < 1.29 is 10.0 Å². The molecule has 1 aromatic heterocycles. The van der Waals surface area contributed by atoms with Gasteiger partial charge in [-0.25, -0.2) is 0 Å². The van der Waals surface area contributed by atoms with Crippen LogP contribution in [0.5, 0.6) is 0 Å². The number of aryl methyl sites for hydroxylation is 1. The maximum absolute atomic E-state index is 9.74. The lowest BCUT2D eigenvalue weighted by atomic mass is 9.75. The van der Waals surface area contributed by atoms with Crippen molar-refractivity contribution in [2.24, 2.45) is 0 Å². The Balaban J connectivity index is 2.23. The van der Waals surface area contributed by atoms with Crippen LogP contribution in [0.25, 0.3) is 26.2 Å². The summed E-state index contributed by atoms with van der Waals surface area (Å²) in [5.74, 6) is 0. The fraction of sp³-hybridized carbons (Fsp3) is 0.125. The third-order valence-corrected chi connectivity index (χ3v) is 5.15. The SMILES string of the molecule is OB(O)c1cc2c(c3sc4ccccc4c13)C=CCC2. The summed E-state index contributed by atoms with van der Waals surface area (Å²) in [6.07, 6.45) is 6.35. The fourth-order valence-corrected chi connectivity index (χ4v) is 4.32. The monoisotopic (exact) mass is 280 g/mol. The molecule has 0 spiro atoms. The van der Waals surface area contributed by atoms with Gasteiger partial charge in [-0.1, -0.05) is 36.4 Å². The van der Waals surface area contributed by atoms with E-state index in [1.807, 2.05) is 18.2 Å². The third-order valence-electron chi connectivity index (χ3n) is 3.95. The molecule has 20 heavy (non-hydrogen) atoms. The van der Waals surface area contributed by atoms with Gasteiger partial charge in [0.25, 0.3) is 0 Å². The van der Waals surface area contributed by atoms with Crippen molar-refractivity contribution in [3.05, 3.63) is 47.5 Å². The van der Waals surface area contributed by atoms with Gasteiger partial charge in [-0.2, -0.15) is 0 Å². The molecule has 2 nitrogen and oxygen atoms in total. The van der Waals surface area contributed by atoms with Gasteiger partial charge in [0.15, 0.2) is 0 Å². The van der Waals surface area contributed by atoms with Gasteiger partial charge in [-0.15, -0.1) is 11.3 Å². The van der Waals surface area contributed by atoms with Gasteiger partial charge in [0.1, 0.15) is 0 Å². The van der Waals surface area contributed by atoms with Gasteiger partial charge >= 0.3 is 7.12 Å². The first-order valence-electron chi connectivity index (χ1n) is 6.75. The molecule has 2 N–H and O–H groups in total. The van der Waals surface area contributed by atoms with Crippen LogP contribution in [-0.2, 0) is 6.42 Å². The zero-order valence-electron chi connectivity index (χ0n) is 10.8. The van der Waals surface area contributed by atoms with Crippen LogP contribution in [0.2, 0.25) is 0 Å². The van der Waals surface area contributed by atoms with Crippen LogP contribution in [0.4, 0.5) is 0 Å². The van der Waals surface area contributed by atoms with Crippen LogP contribution in [0, 0.1) is 0 Å². The number of thiophene rings is 1. The molecule has 3 aromatic rings. The molecule has 1 heterocycles. The average Bonchev–Trinajstić information content (AvgIpc) is 2.86. The summed E-state index contributed by atoms with van der Waals surface area (Å²) >= 11 is 1.73. The summed E-state index contributed by atoms with van der Waals surface area (Å²) in [4.78, 5) is 0. The molecule has 4 heteroatoms. The van der Waals surface area contributed by atoms with E-state index >= 15 is 0 Å². The van der Waals surface area contributed by atoms with Crippen molar-refractivity contribution in [3.8, 4) is 0 Å². The first-order valence-corrected chi connectivity index (χ1v) is 7.57. The molecule has 0 radical (unpaired) electrons. The maximum Gasteiger partial charge on any atom is 0.489 e. The van der Waals surface area contributed by atoms with E-state index in [0.717, 1.165) is 23.6 Å². The lowest BCUT2D eigenvalue weighted by Gasteiger charge is -2.14. The molecule has 1 aliphatic rings. The van der Waals surface area contributed by atoms with Gasteiger partial charge in [0.2, 0.25) is 0 Å². The standard InChI is InChI=1S/C16H13BO2S/c18-17(19)13-9-10-5-1-2-6-11(10)16-15(13)12-7-3-4-8-14(12)20-16/h2-4,6-9,18-19H,1,5H2. The van der Waals surface area contributed by atoms with Crippen LogP contribution >= 0.6 is 11.3 Å². The second-order valence-corrected chi connectivity index (χ2v) is 6.21. The van der Waals surface area contributed by atoms with Crippen molar-refractivity contribution in [1.29, 1.82) is 0 Å². The number of allylic oxidation sites excluding steroid dienone is 1. The van der Waals surface area contributed by atoms with Crippen molar-refractivity contribution in [2.45, 2.75) is 12.8 Å². The van der Waals surface area contributed by atoms with Crippen LogP contribution in [-0.4, -0.2) is 17.2 Å². The smallest absolute Gasteiger partial charge is 0.423 e. The number of benzene rings is 2. The van der Waals surface area contributed by atoms with Crippen molar-refractivity contribution in [3.63, 3.8) is 0 Å². The number of fused-ring (bicyclic) bond motifs is 5. The van der Waals surface area contributed by atoms with Crippen LogP contribution in [0.3, 0.4) is 0 Å². The largest absolute Gasteiger partial charge is 0.489 e. The molecule has 0 atom stereocenters. The molecule has 1 aliphatic carbocycles. The molecule has 0 fully saturated rings. The highest BCUT2D eigenvalue weighted by Crippen LogP contribution is 2.38. The summed E-state index contributed by atoms with van der Waals surface area (Å²) in [5, 5.41) is 21.6. The maximum atomic E-state index is 9.74. The third kappa shape index (κ3) is 1.66. The van der Waals surface area contributed by atoms with Crippen LogP contribution in [0.1, 0.15) is 17.5 Å². The quantitative estimate of drug-likeness (QED) is 0.673. The van der Waals surface area contributed by atoms with E-state index in [2.05, 4.69) is 24.3 Å². The highest BCUT2D eigenvalue weighted by atomic mass is 32.1. The van der Waals surface area contributed by atoms with Gasteiger partial charge in [0.05, 0.1) is 0 Å². The minimum Gasteiger partial charge on any atom is -0.423 e. The zero-order chi connectivity index (χ0) is 13.7.